The van der Waals surface area contributed by atoms with E-state index in [-0.39, 0.29) is 23.9 Å². The number of carbonyl (C=O) groups excluding carboxylic acids is 2. The Bertz CT molecular complexity index is 486. The number of hydrogen-bond donors (Lipinski definition) is 2. The molecule has 160 valence electrons. The summed E-state index contributed by atoms with van der Waals surface area (Å²) in [6.45, 7) is 11.9. The van der Waals surface area contributed by atoms with Crippen molar-refractivity contribution in [1.82, 2.24) is 20.4 Å². The normalized spacial score (nSPS) is 25.4. The van der Waals surface area contributed by atoms with Crippen molar-refractivity contribution in [3.63, 3.8) is 0 Å². The van der Waals surface area contributed by atoms with Gasteiger partial charge < -0.3 is 20.1 Å². The van der Waals surface area contributed by atoms with Gasteiger partial charge in [0.1, 0.15) is 5.41 Å². The molecule has 0 spiro atoms. The highest BCUT2D eigenvalue weighted by Gasteiger charge is 2.50. The van der Waals surface area contributed by atoms with Crippen LogP contribution in [-0.4, -0.2) is 99.4 Å². The number of nitrogens with zero attached hydrogens (tertiary/aromatic N) is 2. The van der Waals surface area contributed by atoms with Crippen LogP contribution in [0.2, 0.25) is 0 Å². The van der Waals surface area contributed by atoms with Gasteiger partial charge in [-0.15, -0.1) is 0 Å². The highest BCUT2D eigenvalue weighted by atomic mass is 16.5. The zero-order valence-corrected chi connectivity index (χ0v) is 17.4. The van der Waals surface area contributed by atoms with Gasteiger partial charge in [-0.2, -0.15) is 0 Å². The van der Waals surface area contributed by atoms with Crippen molar-refractivity contribution in [3.8, 4) is 0 Å². The minimum absolute atomic E-state index is 0.115. The van der Waals surface area contributed by atoms with Crippen LogP contribution in [0.1, 0.15) is 33.1 Å². The van der Waals surface area contributed by atoms with Gasteiger partial charge in [-0.3, -0.25) is 19.4 Å². The molecule has 3 fully saturated rings. The first-order valence-corrected chi connectivity index (χ1v) is 10.7. The molecule has 0 bridgehead atoms. The molecule has 0 aromatic heterocycles. The fourth-order valence-electron chi connectivity index (χ4n) is 4.20. The largest absolute Gasteiger partial charge is 0.379 e. The van der Waals surface area contributed by atoms with E-state index in [0.29, 0.717) is 25.9 Å². The molecule has 3 aliphatic rings. The SMILES string of the molecule is C[C@@H](CNC(=O)C1(C(=O)NC[C@H](C)N2CCOCC2)CCC1)N1CCOCC1. The lowest BCUT2D eigenvalue weighted by Crippen LogP contribution is -2.58. The number of morpholine rings is 2. The number of nitrogens with one attached hydrogen (secondary N) is 2. The second-order valence-corrected chi connectivity index (χ2v) is 8.35. The molecule has 0 aromatic rings. The Labute approximate surface area is 168 Å². The van der Waals surface area contributed by atoms with E-state index >= 15 is 0 Å². The van der Waals surface area contributed by atoms with Gasteiger partial charge in [0, 0.05) is 51.4 Å². The summed E-state index contributed by atoms with van der Waals surface area (Å²) in [5.74, 6) is -0.231. The van der Waals surface area contributed by atoms with E-state index in [9.17, 15) is 9.59 Å². The first-order valence-electron chi connectivity index (χ1n) is 10.7. The van der Waals surface area contributed by atoms with Gasteiger partial charge in [-0.05, 0) is 26.7 Å². The van der Waals surface area contributed by atoms with E-state index in [0.717, 1.165) is 59.0 Å². The van der Waals surface area contributed by atoms with E-state index in [1.165, 1.54) is 0 Å². The predicted octanol–water partition coefficient (Wildman–Crippen LogP) is -0.169. The molecule has 2 heterocycles. The molecular formula is C20H36N4O4. The third-order valence-corrected chi connectivity index (χ3v) is 6.53. The van der Waals surface area contributed by atoms with Crippen molar-refractivity contribution in [3.05, 3.63) is 0 Å². The molecule has 28 heavy (non-hydrogen) atoms. The lowest BCUT2D eigenvalue weighted by atomic mass is 9.67. The molecule has 2 amide bonds. The Hall–Kier alpha value is -1.22. The zero-order chi connectivity index (χ0) is 20.0. The summed E-state index contributed by atoms with van der Waals surface area (Å²) in [7, 11) is 0. The molecule has 2 N–H and O–H groups in total. The molecule has 8 nitrogen and oxygen atoms in total. The van der Waals surface area contributed by atoms with Gasteiger partial charge >= 0.3 is 0 Å². The van der Waals surface area contributed by atoms with Crippen molar-refractivity contribution in [2.24, 2.45) is 5.41 Å². The van der Waals surface area contributed by atoms with E-state index < -0.39 is 5.41 Å². The van der Waals surface area contributed by atoms with Gasteiger partial charge in [0.15, 0.2) is 0 Å². The summed E-state index contributed by atoms with van der Waals surface area (Å²) in [4.78, 5) is 30.4. The maximum absolute atomic E-state index is 12.9. The van der Waals surface area contributed by atoms with Crippen LogP contribution in [0.4, 0.5) is 0 Å². The van der Waals surface area contributed by atoms with Crippen LogP contribution in [-0.2, 0) is 19.1 Å². The van der Waals surface area contributed by atoms with Crippen molar-refractivity contribution >= 4 is 11.8 Å². The quantitative estimate of drug-likeness (QED) is 0.555. The first kappa shape index (κ1) is 21.5. The summed E-state index contributed by atoms with van der Waals surface area (Å²) in [6.07, 6.45) is 2.21. The smallest absolute Gasteiger partial charge is 0.235 e. The highest BCUT2D eigenvalue weighted by molar-refractivity contribution is 6.05. The average Bonchev–Trinajstić information content (AvgIpc) is 2.70. The highest BCUT2D eigenvalue weighted by Crippen LogP contribution is 2.41. The van der Waals surface area contributed by atoms with E-state index in [2.05, 4.69) is 34.3 Å². The van der Waals surface area contributed by atoms with Gasteiger partial charge in [-0.1, -0.05) is 6.42 Å². The third kappa shape index (κ3) is 5.03. The van der Waals surface area contributed by atoms with Crippen molar-refractivity contribution in [2.45, 2.75) is 45.2 Å². The van der Waals surface area contributed by atoms with Crippen molar-refractivity contribution < 1.29 is 19.1 Å². The standard InChI is InChI=1S/C20H36N4O4/c1-16(23-6-10-27-11-7-23)14-21-18(25)20(4-3-5-20)19(26)22-15-17(2)24-8-12-28-13-9-24/h16-17H,3-15H2,1-2H3,(H,21,25)(H,22,26)/t16-,17-/m0/s1. The maximum Gasteiger partial charge on any atom is 0.235 e. The molecule has 0 aromatic carbocycles. The number of amides is 2. The van der Waals surface area contributed by atoms with Gasteiger partial charge in [0.05, 0.1) is 26.4 Å². The number of ether oxygens (including phenoxy) is 2. The first-order chi connectivity index (χ1) is 13.5. The summed E-state index contributed by atoms with van der Waals surface area (Å²) in [6, 6.07) is 0.490. The summed E-state index contributed by atoms with van der Waals surface area (Å²) in [5, 5.41) is 6.09. The summed E-state index contributed by atoms with van der Waals surface area (Å²) in [5.41, 5.74) is -0.880. The Morgan fingerprint density at radius 2 is 1.21 bits per heavy atom. The molecule has 2 aliphatic heterocycles. The fourth-order valence-corrected chi connectivity index (χ4v) is 4.20. The fraction of sp³-hybridized carbons (Fsp3) is 0.900. The average molecular weight is 397 g/mol. The van der Waals surface area contributed by atoms with E-state index in [4.69, 9.17) is 9.47 Å². The van der Waals surface area contributed by atoms with Crippen LogP contribution in [0.5, 0.6) is 0 Å². The van der Waals surface area contributed by atoms with Crippen LogP contribution >= 0.6 is 0 Å². The number of rotatable bonds is 8. The molecular weight excluding hydrogens is 360 g/mol. The Morgan fingerprint density at radius 3 is 1.54 bits per heavy atom. The lowest BCUT2D eigenvalue weighted by molar-refractivity contribution is -0.150. The lowest BCUT2D eigenvalue weighted by Gasteiger charge is -2.40. The van der Waals surface area contributed by atoms with Crippen LogP contribution in [0.15, 0.2) is 0 Å². The van der Waals surface area contributed by atoms with Crippen molar-refractivity contribution in [1.29, 1.82) is 0 Å². The minimum Gasteiger partial charge on any atom is -0.379 e. The van der Waals surface area contributed by atoms with Crippen LogP contribution in [0, 0.1) is 5.41 Å². The minimum atomic E-state index is -0.880. The zero-order valence-electron chi connectivity index (χ0n) is 17.4. The molecule has 0 radical (unpaired) electrons. The molecule has 1 aliphatic carbocycles. The second-order valence-electron chi connectivity index (χ2n) is 8.35. The third-order valence-electron chi connectivity index (χ3n) is 6.53. The molecule has 8 heteroatoms. The molecule has 3 rings (SSSR count). The molecule has 1 saturated carbocycles. The monoisotopic (exact) mass is 396 g/mol. The predicted molar refractivity (Wildman–Crippen MR) is 106 cm³/mol. The van der Waals surface area contributed by atoms with Gasteiger partial charge in [0.2, 0.25) is 11.8 Å². The number of hydrogen-bond acceptors (Lipinski definition) is 6. The van der Waals surface area contributed by atoms with Crippen LogP contribution in [0.25, 0.3) is 0 Å². The maximum atomic E-state index is 12.9. The molecule has 2 saturated heterocycles. The summed E-state index contributed by atoms with van der Waals surface area (Å²) < 4.78 is 10.8. The molecule has 2 atom stereocenters. The molecule has 0 unspecified atom stereocenters. The Morgan fingerprint density at radius 1 is 0.821 bits per heavy atom. The van der Waals surface area contributed by atoms with Gasteiger partial charge in [0.25, 0.3) is 0 Å². The van der Waals surface area contributed by atoms with Crippen LogP contribution in [0.3, 0.4) is 0 Å². The Balaban J connectivity index is 1.45. The van der Waals surface area contributed by atoms with E-state index in [1.54, 1.807) is 0 Å². The Kier molecular flexibility index (Phi) is 7.68. The summed E-state index contributed by atoms with van der Waals surface area (Å²) >= 11 is 0. The number of carbonyl (C=O) groups is 2. The van der Waals surface area contributed by atoms with Crippen molar-refractivity contribution in [2.75, 3.05) is 65.7 Å². The van der Waals surface area contributed by atoms with Crippen LogP contribution < -0.4 is 10.6 Å². The van der Waals surface area contributed by atoms with Gasteiger partial charge in [-0.25, -0.2) is 0 Å². The second kappa shape index (κ2) is 10.0. The van der Waals surface area contributed by atoms with E-state index in [1.807, 2.05) is 0 Å². The topological polar surface area (TPSA) is 83.1 Å².